The number of carbonyl (C=O) groups is 2. The van der Waals surface area contributed by atoms with E-state index in [1.165, 1.54) is 32.4 Å². The molecule has 4 aromatic carbocycles. The van der Waals surface area contributed by atoms with Gasteiger partial charge in [-0.2, -0.15) is 0 Å². The van der Waals surface area contributed by atoms with E-state index in [2.05, 4.69) is 9.97 Å². The maximum atomic E-state index is 14.3. The lowest BCUT2D eigenvalue weighted by Gasteiger charge is -2.38. The number of hydrogen-bond donors (Lipinski definition) is 4. The number of anilines is 2. The summed E-state index contributed by atoms with van der Waals surface area (Å²) in [5.74, 6) is -1.33. The molecule has 65 heavy (non-hydrogen) atoms. The number of methoxy groups -OCH3 is 1. The third kappa shape index (κ3) is 8.33. The van der Waals surface area contributed by atoms with E-state index >= 15 is 0 Å². The first-order chi connectivity index (χ1) is 31.1. The quantitative estimate of drug-likeness (QED) is 0.100. The summed E-state index contributed by atoms with van der Waals surface area (Å²) >= 11 is 0. The second kappa shape index (κ2) is 17.5. The van der Waals surface area contributed by atoms with Gasteiger partial charge in [0.25, 0.3) is 20.0 Å². The molecule has 0 spiro atoms. The molecule has 16 nitrogen and oxygen atoms in total. The summed E-state index contributed by atoms with van der Waals surface area (Å²) in [5, 5.41) is 22.5. The standard InChI is InChI=1S/C47H52N6O10S2/c1-50(64(58,59)34-9-14-44(52-18-16-32(54)27-52)38(25-34)42-23-30-6-4-5-7-40(30)48-42)46(56)37-12-11-36(37)29-8-13-41-31(22-29)24-43(49-41)39-26-35(10-15-45(39)53-19-17-33(55)28-53)65(60,61)51(2)47(57)63-21-20-62-3/h4-10,13-15,22-26,32-33,36-37,48-49,54-55H,11-12,16-21,27-28H2,1-3H3/t32-,33-,36?,37?/m0/s1. The number of benzene rings is 4. The van der Waals surface area contributed by atoms with Crippen LogP contribution in [0.4, 0.5) is 16.2 Å². The predicted octanol–water partition coefficient (Wildman–Crippen LogP) is 5.87. The van der Waals surface area contributed by atoms with Gasteiger partial charge < -0.3 is 39.5 Å². The molecule has 2 aromatic heterocycles. The summed E-state index contributed by atoms with van der Waals surface area (Å²) < 4.78 is 67.5. The van der Waals surface area contributed by atoms with Gasteiger partial charge in [0.1, 0.15) is 6.61 Å². The van der Waals surface area contributed by atoms with Crippen molar-refractivity contribution in [3.63, 3.8) is 0 Å². The van der Waals surface area contributed by atoms with Gasteiger partial charge in [0.05, 0.1) is 28.6 Å². The van der Waals surface area contributed by atoms with Crippen molar-refractivity contribution in [3.8, 4) is 22.5 Å². The van der Waals surface area contributed by atoms with Gasteiger partial charge in [0.2, 0.25) is 5.91 Å². The van der Waals surface area contributed by atoms with Crippen molar-refractivity contribution in [3.05, 3.63) is 96.6 Å². The normalized spacial score (nSPS) is 20.1. The van der Waals surface area contributed by atoms with Crippen LogP contribution in [0.3, 0.4) is 0 Å². The molecule has 2 unspecified atom stereocenters. The maximum Gasteiger partial charge on any atom is 0.423 e. The lowest BCUT2D eigenvalue weighted by molar-refractivity contribution is -0.133. The molecule has 0 bridgehead atoms. The van der Waals surface area contributed by atoms with Crippen molar-refractivity contribution in [1.82, 2.24) is 18.6 Å². The number of ether oxygens (including phenoxy) is 2. The molecule has 2 amide bonds. The van der Waals surface area contributed by atoms with Crippen LogP contribution in [0, 0.1) is 5.92 Å². The predicted molar refractivity (Wildman–Crippen MR) is 247 cm³/mol. The first-order valence-corrected chi connectivity index (χ1v) is 24.5. The minimum Gasteiger partial charge on any atom is -0.446 e. The topological polar surface area (TPSA) is 206 Å². The van der Waals surface area contributed by atoms with Crippen LogP contribution in [0.15, 0.2) is 101 Å². The smallest absolute Gasteiger partial charge is 0.423 e. The van der Waals surface area contributed by atoms with Gasteiger partial charge in [-0.25, -0.2) is 30.2 Å². The highest BCUT2D eigenvalue weighted by Crippen LogP contribution is 2.46. The summed E-state index contributed by atoms with van der Waals surface area (Å²) in [5.41, 5.74) is 6.53. The number of hydrogen-bond acceptors (Lipinski definition) is 12. The molecule has 0 radical (unpaired) electrons. The van der Waals surface area contributed by atoms with E-state index in [9.17, 15) is 36.6 Å². The molecular weight excluding hydrogens is 873 g/mol. The van der Waals surface area contributed by atoms with Gasteiger partial charge in [-0.15, -0.1) is 0 Å². The number of aliphatic hydroxyl groups is 2. The minimum atomic E-state index is -4.33. The number of nitrogens with zero attached hydrogens (tertiary/aromatic N) is 4. The van der Waals surface area contributed by atoms with E-state index in [0.717, 1.165) is 50.1 Å². The second-order valence-corrected chi connectivity index (χ2v) is 21.1. The summed E-state index contributed by atoms with van der Waals surface area (Å²) in [6.45, 7) is 1.94. The number of aliphatic hydroxyl groups excluding tert-OH is 2. The highest BCUT2D eigenvalue weighted by molar-refractivity contribution is 7.90. The average Bonchev–Trinajstić information content (AvgIpc) is 4.11. The molecule has 4 heterocycles. The zero-order valence-electron chi connectivity index (χ0n) is 36.3. The van der Waals surface area contributed by atoms with Crippen molar-refractivity contribution in [2.24, 2.45) is 5.92 Å². The monoisotopic (exact) mass is 924 g/mol. The van der Waals surface area contributed by atoms with Gasteiger partial charge in [0.15, 0.2) is 0 Å². The van der Waals surface area contributed by atoms with Gasteiger partial charge in [-0.3, -0.25) is 4.79 Å². The third-order valence-corrected chi connectivity index (χ3v) is 16.6. The van der Waals surface area contributed by atoms with Crippen molar-refractivity contribution >= 4 is 65.2 Å². The number of carbonyl (C=O) groups excluding carboxylic acids is 2. The second-order valence-electron chi connectivity index (χ2n) is 17.1. The summed E-state index contributed by atoms with van der Waals surface area (Å²) in [6.07, 6.45) is 0.259. The number of para-hydroxylation sites is 1. The number of aromatic nitrogens is 2. The fourth-order valence-corrected chi connectivity index (χ4v) is 11.5. The zero-order valence-corrected chi connectivity index (χ0v) is 37.9. The number of H-pyrrole nitrogens is 2. The zero-order chi connectivity index (χ0) is 45.8. The van der Waals surface area contributed by atoms with Crippen molar-refractivity contribution in [2.45, 2.75) is 53.6 Å². The van der Waals surface area contributed by atoms with Crippen LogP contribution < -0.4 is 9.80 Å². The van der Waals surface area contributed by atoms with Crippen molar-refractivity contribution in [1.29, 1.82) is 0 Å². The third-order valence-electron chi connectivity index (χ3n) is 13.1. The first kappa shape index (κ1) is 44.3. The van der Waals surface area contributed by atoms with Crippen LogP contribution in [0.2, 0.25) is 0 Å². The molecule has 2 saturated heterocycles. The number of aromatic amines is 2. The lowest BCUT2D eigenvalue weighted by Crippen LogP contribution is -2.43. The highest BCUT2D eigenvalue weighted by atomic mass is 32.2. The molecule has 3 fully saturated rings. The Labute approximate surface area is 377 Å². The van der Waals surface area contributed by atoms with Crippen LogP contribution in [-0.4, -0.2) is 130 Å². The fourth-order valence-electron chi connectivity index (χ4n) is 9.26. The van der Waals surface area contributed by atoms with Gasteiger partial charge in [-0.1, -0.05) is 24.3 Å². The molecule has 1 saturated carbocycles. The SMILES string of the molecule is COCCOC(=O)N(C)S(=O)(=O)c1ccc(N2CC[C@H](O)C2)c(-c2cc3cc(C4CCC4C(=O)N(C)S(=O)(=O)c4ccc(N5CC[C@H](O)C5)c(-c5cc6ccccc6[nH]5)c4)ccc3[nH]2)c1. The average molecular weight is 925 g/mol. The molecule has 342 valence electrons. The molecule has 2 aliphatic heterocycles. The van der Waals surface area contributed by atoms with E-state index in [4.69, 9.17) is 9.47 Å². The van der Waals surface area contributed by atoms with Crippen LogP contribution in [0.25, 0.3) is 44.3 Å². The maximum absolute atomic E-state index is 14.3. The van der Waals surface area contributed by atoms with Crippen molar-refractivity contribution in [2.75, 3.05) is 70.4 Å². The Balaban J connectivity index is 0.983. The fraction of sp³-hybridized carbons (Fsp3) is 0.362. The Hall–Kier alpha value is -5.92. The molecular formula is C47H52N6O10S2. The van der Waals surface area contributed by atoms with Crippen molar-refractivity contribution < 1.29 is 46.1 Å². The van der Waals surface area contributed by atoms with E-state index < -0.39 is 50.2 Å². The Morgan fingerprint density at radius 1 is 0.677 bits per heavy atom. The van der Waals surface area contributed by atoms with Crippen LogP contribution in [-0.2, 0) is 34.3 Å². The first-order valence-electron chi connectivity index (χ1n) is 21.7. The minimum absolute atomic E-state index is 0.0176. The lowest BCUT2D eigenvalue weighted by atomic mass is 9.69. The molecule has 6 aromatic rings. The van der Waals surface area contributed by atoms with Crippen LogP contribution >= 0.6 is 0 Å². The summed E-state index contributed by atoms with van der Waals surface area (Å²) in [6, 6.07) is 26.9. The number of fused-ring (bicyclic) bond motifs is 2. The van der Waals surface area contributed by atoms with Gasteiger partial charge in [0, 0.05) is 109 Å². The summed E-state index contributed by atoms with van der Waals surface area (Å²) in [7, 11) is -4.73. The number of rotatable bonds is 13. The molecule has 9 rings (SSSR count). The number of β-amino-alcohol motifs (C(OH)–C–C–N with tert-alkyl or cyclic N) is 2. The van der Waals surface area contributed by atoms with E-state index in [-0.39, 0.29) is 28.9 Å². The van der Waals surface area contributed by atoms with Gasteiger partial charge in [-0.05, 0) is 104 Å². The number of sulfonamides is 2. The number of nitrogens with one attached hydrogen (secondary N) is 2. The number of amides is 2. The Bertz CT molecular complexity index is 2990. The van der Waals surface area contributed by atoms with Crippen LogP contribution in [0.5, 0.6) is 0 Å². The van der Waals surface area contributed by atoms with E-state index in [1.807, 2.05) is 64.4 Å². The van der Waals surface area contributed by atoms with Gasteiger partial charge >= 0.3 is 6.09 Å². The molecule has 18 heteroatoms. The molecule has 4 atom stereocenters. The highest BCUT2D eigenvalue weighted by Gasteiger charge is 2.42. The van der Waals surface area contributed by atoms with Crippen LogP contribution in [0.1, 0.15) is 37.2 Å². The van der Waals surface area contributed by atoms with E-state index in [0.29, 0.717) is 78.7 Å². The Kier molecular flexibility index (Phi) is 11.9. The van der Waals surface area contributed by atoms with E-state index in [1.54, 1.807) is 18.2 Å². The molecule has 4 N–H and O–H groups in total. The molecule has 1 aliphatic carbocycles. The molecule has 3 aliphatic rings. The largest absolute Gasteiger partial charge is 0.446 e. The summed E-state index contributed by atoms with van der Waals surface area (Å²) in [4.78, 5) is 37.6. The Morgan fingerprint density at radius 3 is 1.78 bits per heavy atom. The Morgan fingerprint density at radius 2 is 1.25 bits per heavy atom.